The molecule has 0 amide bonds. The van der Waals surface area contributed by atoms with Gasteiger partial charge in [0, 0.05) is 12.6 Å². The molecule has 1 heterocycles. The molecule has 0 aliphatic carbocycles. The molecule has 0 saturated carbocycles. The Hall–Kier alpha value is -2.23. The molecule has 0 saturated heterocycles. The lowest BCUT2D eigenvalue weighted by atomic mass is 9.86. The van der Waals surface area contributed by atoms with Crippen LogP contribution in [0.5, 0.6) is 0 Å². The van der Waals surface area contributed by atoms with E-state index in [2.05, 4.69) is 42.9 Å². The minimum absolute atomic E-state index is 0.0290. The molecular formula is C16H18N2O2. The largest absolute Gasteiger partial charge is 0.477 e. The third-order valence-electron chi connectivity index (χ3n) is 3.11. The molecule has 4 heteroatoms. The second-order valence-electron chi connectivity index (χ2n) is 5.79. The molecule has 1 N–H and O–H groups in total. The van der Waals surface area contributed by atoms with Gasteiger partial charge in [0.25, 0.3) is 0 Å². The average Bonchev–Trinajstić information content (AvgIpc) is 2.38. The van der Waals surface area contributed by atoms with Crippen molar-refractivity contribution in [2.75, 3.05) is 0 Å². The molecule has 0 spiro atoms. The van der Waals surface area contributed by atoms with Gasteiger partial charge < -0.3 is 5.11 Å². The molecule has 4 nitrogen and oxygen atoms in total. The number of rotatable bonds is 3. The zero-order chi connectivity index (χ0) is 14.8. The van der Waals surface area contributed by atoms with Gasteiger partial charge in [-0.05, 0) is 22.6 Å². The summed E-state index contributed by atoms with van der Waals surface area (Å²) in [4.78, 5) is 19.0. The fourth-order valence-electron chi connectivity index (χ4n) is 1.91. The zero-order valence-corrected chi connectivity index (χ0v) is 11.9. The van der Waals surface area contributed by atoms with E-state index in [4.69, 9.17) is 5.11 Å². The van der Waals surface area contributed by atoms with Crippen LogP contribution in [0.2, 0.25) is 0 Å². The van der Waals surface area contributed by atoms with Crippen LogP contribution in [0, 0.1) is 0 Å². The smallest absolute Gasteiger partial charge is 0.354 e. The summed E-state index contributed by atoms with van der Waals surface area (Å²) in [5.74, 6) is -0.509. The molecule has 0 aliphatic rings. The summed E-state index contributed by atoms with van der Waals surface area (Å²) in [5, 5.41) is 8.91. The van der Waals surface area contributed by atoms with Crippen LogP contribution >= 0.6 is 0 Å². The normalized spacial score (nSPS) is 11.3. The Bertz CT molecular complexity index is 613. The van der Waals surface area contributed by atoms with E-state index in [0.29, 0.717) is 12.2 Å². The van der Waals surface area contributed by atoms with Crippen LogP contribution in [0.3, 0.4) is 0 Å². The number of hydrogen-bond acceptors (Lipinski definition) is 3. The molecule has 1 aromatic heterocycles. The minimum Gasteiger partial charge on any atom is -0.477 e. The van der Waals surface area contributed by atoms with E-state index in [0.717, 1.165) is 5.56 Å². The highest BCUT2D eigenvalue weighted by Crippen LogP contribution is 2.22. The Morgan fingerprint density at radius 1 is 1.15 bits per heavy atom. The van der Waals surface area contributed by atoms with Gasteiger partial charge in [-0.2, -0.15) is 0 Å². The molecule has 0 radical (unpaired) electrons. The van der Waals surface area contributed by atoms with Crippen molar-refractivity contribution in [1.29, 1.82) is 0 Å². The minimum atomic E-state index is -1.03. The molecule has 104 valence electrons. The SMILES string of the molecule is CC(C)(C)c1ccc(Cc2nccc(C(=O)O)n2)cc1. The van der Waals surface area contributed by atoms with Crippen LogP contribution in [-0.4, -0.2) is 21.0 Å². The number of carbonyl (C=O) groups is 1. The van der Waals surface area contributed by atoms with E-state index < -0.39 is 5.97 Å². The summed E-state index contributed by atoms with van der Waals surface area (Å²) < 4.78 is 0. The number of hydrogen-bond donors (Lipinski definition) is 1. The lowest BCUT2D eigenvalue weighted by molar-refractivity contribution is 0.0690. The van der Waals surface area contributed by atoms with E-state index >= 15 is 0 Å². The van der Waals surface area contributed by atoms with Gasteiger partial charge in [-0.3, -0.25) is 0 Å². The molecule has 1 aromatic carbocycles. The monoisotopic (exact) mass is 270 g/mol. The van der Waals surface area contributed by atoms with Crippen LogP contribution < -0.4 is 0 Å². The Morgan fingerprint density at radius 2 is 1.80 bits per heavy atom. The van der Waals surface area contributed by atoms with E-state index in [1.807, 2.05) is 12.1 Å². The molecule has 0 atom stereocenters. The molecule has 2 rings (SSSR count). The highest BCUT2D eigenvalue weighted by Gasteiger charge is 2.13. The Labute approximate surface area is 118 Å². The summed E-state index contributed by atoms with van der Waals surface area (Å²) in [6, 6.07) is 9.66. The second-order valence-corrected chi connectivity index (χ2v) is 5.79. The maximum atomic E-state index is 10.9. The van der Waals surface area contributed by atoms with Crippen molar-refractivity contribution in [2.24, 2.45) is 0 Å². The molecule has 0 aliphatic heterocycles. The van der Waals surface area contributed by atoms with Gasteiger partial charge in [-0.15, -0.1) is 0 Å². The molecule has 0 unspecified atom stereocenters. The number of aromatic nitrogens is 2. The van der Waals surface area contributed by atoms with Crippen molar-refractivity contribution >= 4 is 5.97 Å². The van der Waals surface area contributed by atoms with Gasteiger partial charge in [-0.1, -0.05) is 45.0 Å². The van der Waals surface area contributed by atoms with Gasteiger partial charge in [0.1, 0.15) is 5.82 Å². The van der Waals surface area contributed by atoms with E-state index in [9.17, 15) is 4.79 Å². The van der Waals surface area contributed by atoms with E-state index in [1.165, 1.54) is 17.8 Å². The first-order chi connectivity index (χ1) is 9.36. The fourth-order valence-corrected chi connectivity index (χ4v) is 1.91. The van der Waals surface area contributed by atoms with E-state index in [1.54, 1.807) is 0 Å². The Morgan fingerprint density at radius 3 is 2.35 bits per heavy atom. The first kappa shape index (κ1) is 14.2. The summed E-state index contributed by atoms with van der Waals surface area (Å²) in [7, 11) is 0. The van der Waals surface area contributed by atoms with Gasteiger partial charge in [-0.25, -0.2) is 14.8 Å². The number of nitrogens with zero attached hydrogens (tertiary/aromatic N) is 2. The summed E-state index contributed by atoms with van der Waals surface area (Å²) in [6.07, 6.45) is 2.01. The summed E-state index contributed by atoms with van der Waals surface area (Å²) in [6.45, 7) is 6.50. The van der Waals surface area contributed by atoms with Crippen LogP contribution in [0.15, 0.2) is 36.5 Å². The number of carboxylic acid groups (broad SMARTS) is 1. The molecular weight excluding hydrogens is 252 g/mol. The zero-order valence-electron chi connectivity index (χ0n) is 11.9. The third-order valence-corrected chi connectivity index (χ3v) is 3.11. The third kappa shape index (κ3) is 3.41. The Balaban J connectivity index is 2.18. The predicted molar refractivity (Wildman–Crippen MR) is 76.9 cm³/mol. The molecule has 0 fully saturated rings. The highest BCUT2D eigenvalue weighted by atomic mass is 16.4. The quantitative estimate of drug-likeness (QED) is 0.931. The van der Waals surface area contributed by atoms with Gasteiger partial charge >= 0.3 is 5.97 Å². The van der Waals surface area contributed by atoms with Crippen LogP contribution in [0.25, 0.3) is 0 Å². The van der Waals surface area contributed by atoms with Crippen molar-refractivity contribution in [3.63, 3.8) is 0 Å². The maximum absolute atomic E-state index is 10.9. The topological polar surface area (TPSA) is 63.1 Å². The summed E-state index contributed by atoms with van der Waals surface area (Å²) >= 11 is 0. The number of carboxylic acids is 1. The van der Waals surface area contributed by atoms with Gasteiger partial charge in [0.15, 0.2) is 5.69 Å². The van der Waals surface area contributed by atoms with Gasteiger partial charge in [0.05, 0.1) is 0 Å². The first-order valence-electron chi connectivity index (χ1n) is 6.51. The molecule has 2 aromatic rings. The van der Waals surface area contributed by atoms with Crippen molar-refractivity contribution < 1.29 is 9.90 Å². The second kappa shape index (κ2) is 5.41. The molecule has 20 heavy (non-hydrogen) atoms. The van der Waals surface area contributed by atoms with Crippen LogP contribution in [0.4, 0.5) is 0 Å². The first-order valence-corrected chi connectivity index (χ1v) is 6.51. The standard InChI is InChI=1S/C16H18N2O2/c1-16(2,3)12-6-4-11(5-7-12)10-14-17-9-8-13(18-14)15(19)20/h4-9H,10H2,1-3H3,(H,19,20). The maximum Gasteiger partial charge on any atom is 0.354 e. The van der Waals surface area contributed by atoms with Crippen LogP contribution in [-0.2, 0) is 11.8 Å². The lowest BCUT2D eigenvalue weighted by Crippen LogP contribution is -2.11. The Kier molecular flexibility index (Phi) is 3.84. The predicted octanol–water partition coefficient (Wildman–Crippen LogP) is 3.06. The van der Waals surface area contributed by atoms with Crippen molar-refractivity contribution in [2.45, 2.75) is 32.6 Å². The highest BCUT2D eigenvalue weighted by molar-refractivity contribution is 5.85. The van der Waals surface area contributed by atoms with Crippen molar-refractivity contribution in [1.82, 2.24) is 9.97 Å². The summed E-state index contributed by atoms with van der Waals surface area (Å²) in [5.41, 5.74) is 2.49. The average molecular weight is 270 g/mol. The van der Waals surface area contributed by atoms with Crippen molar-refractivity contribution in [3.05, 3.63) is 59.2 Å². The number of aromatic carboxylic acids is 1. The van der Waals surface area contributed by atoms with Gasteiger partial charge in [0.2, 0.25) is 0 Å². The van der Waals surface area contributed by atoms with Crippen molar-refractivity contribution in [3.8, 4) is 0 Å². The molecule has 0 bridgehead atoms. The number of benzene rings is 1. The van der Waals surface area contributed by atoms with Crippen LogP contribution in [0.1, 0.15) is 48.2 Å². The van der Waals surface area contributed by atoms with E-state index in [-0.39, 0.29) is 11.1 Å². The fraction of sp³-hybridized carbons (Fsp3) is 0.312. The lowest BCUT2D eigenvalue weighted by Gasteiger charge is -2.19.